The molecular weight excluding hydrogens is 420 g/mol. The Bertz CT molecular complexity index is 1140. The first kappa shape index (κ1) is 22.7. The molecule has 0 radical (unpaired) electrons. The third-order valence-electron chi connectivity index (χ3n) is 6.31. The number of ether oxygens (including phenoxy) is 1. The van der Waals surface area contributed by atoms with Crippen LogP contribution in [-0.4, -0.2) is 54.4 Å². The monoisotopic (exact) mass is 448 g/mol. The van der Waals surface area contributed by atoms with Gasteiger partial charge in [-0.15, -0.1) is 0 Å². The van der Waals surface area contributed by atoms with Gasteiger partial charge in [-0.2, -0.15) is 0 Å². The van der Waals surface area contributed by atoms with Crippen LogP contribution in [0.5, 0.6) is 0 Å². The lowest BCUT2D eigenvalue weighted by atomic mass is 9.81. The van der Waals surface area contributed by atoms with Crippen molar-refractivity contribution >= 4 is 29.0 Å². The van der Waals surface area contributed by atoms with Gasteiger partial charge in [0.25, 0.3) is 17.6 Å². The molecular formula is C26H28N2O5. The van der Waals surface area contributed by atoms with Crippen molar-refractivity contribution < 1.29 is 24.2 Å². The zero-order valence-electron chi connectivity index (χ0n) is 19.1. The number of carbonyl (C=O) groups excluding carboxylic acids is 3. The van der Waals surface area contributed by atoms with Crippen LogP contribution in [0.3, 0.4) is 0 Å². The van der Waals surface area contributed by atoms with Gasteiger partial charge in [0.2, 0.25) is 0 Å². The number of anilines is 1. The molecule has 0 bridgehead atoms. The molecule has 2 aliphatic heterocycles. The molecule has 1 spiro atoms. The number of likely N-dealkylation sites (tertiary alicyclic amines) is 1. The van der Waals surface area contributed by atoms with Crippen molar-refractivity contribution in [1.29, 1.82) is 0 Å². The fourth-order valence-electron chi connectivity index (χ4n) is 4.83. The molecule has 2 aliphatic rings. The average molecular weight is 449 g/mol. The lowest BCUT2D eigenvalue weighted by molar-refractivity contribution is -0.143. The molecule has 2 amide bonds. The Morgan fingerprint density at radius 2 is 1.73 bits per heavy atom. The van der Waals surface area contributed by atoms with Gasteiger partial charge < -0.3 is 19.6 Å². The molecule has 2 heterocycles. The highest BCUT2D eigenvalue weighted by Gasteiger charge is 2.66. The fourth-order valence-corrected chi connectivity index (χ4v) is 4.83. The molecule has 1 fully saturated rings. The van der Waals surface area contributed by atoms with Crippen molar-refractivity contribution in [2.45, 2.75) is 32.2 Å². The summed E-state index contributed by atoms with van der Waals surface area (Å²) in [6.07, 6.45) is 1.14. The first-order valence-corrected chi connectivity index (χ1v) is 11.2. The van der Waals surface area contributed by atoms with Gasteiger partial charge in [0.15, 0.2) is 5.54 Å². The zero-order chi connectivity index (χ0) is 23.8. The summed E-state index contributed by atoms with van der Waals surface area (Å²) < 4.78 is 5.15. The molecule has 1 atom stereocenters. The minimum atomic E-state index is -1.71. The molecule has 7 heteroatoms. The summed E-state index contributed by atoms with van der Waals surface area (Å²) in [5.74, 6) is -2.38. The van der Waals surface area contributed by atoms with Gasteiger partial charge >= 0.3 is 0 Å². The summed E-state index contributed by atoms with van der Waals surface area (Å²) in [7, 11) is 1.56. The number of aliphatic hydroxyl groups is 1. The summed E-state index contributed by atoms with van der Waals surface area (Å²) in [6, 6.07) is 14.2. The van der Waals surface area contributed by atoms with Crippen molar-refractivity contribution in [2.24, 2.45) is 0 Å². The molecule has 7 nitrogen and oxygen atoms in total. The largest absolute Gasteiger partial charge is 0.507 e. The number of nitrogens with zero attached hydrogens (tertiary/aromatic N) is 2. The summed E-state index contributed by atoms with van der Waals surface area (Å²) in [6.45, 7) is 4.82. The molecule has 172 valence electrons. The Balaban J connectivity index is 2.01. The van der Waals surface area contributed by atoms with Crippen LogP contribution in [-0.2, 0) is 24.7 Å². The lowest BCUT2D eigenvalue weighted by Gasteiger charge is -2.34. The SMILES string of the molecule is CCCN1C(=O)[C@]2(C(=C(O)c3ccc(C)cc3)C(=O)C(=O)N2CCCOC)c2ccccc21. The highest BCUT2D eigenvalue weighted by molar-refractivity contribution is 6.50. The first-order valence-electron chi connectivity index (χ1n) is 11.2. The highest BCUT2D eigenvalue weighted by atomic mass is 16.5. The van der Waals surface area contributed by atoms with E-state index in [4.69, 9.17) is 4.74 Å². The molecule has 1 N–H and O–H groups in total. The Morgan fingerprint density at radius 1 is 1.03 bits per heavy atom. The zero-order valence-corrected chi connectivity index (χ0v) is 19.1. The van der Waals surface area contributed by atoms with E-state index in [0.29, 0.717) is 42.8 Å². The molecule has 0 aromatic heterocycles. The third kappa shape index (κ3) is 3.35. The number of ketones is 1. The van der Waals surface area contributed by atoms with E-state index in [9.17, 15) is 19.5 Å². The second kappa shape index (κ2) is 8.83. The van der Waals surface area contributed by atoms with Crippen molar-refractivity contribution in [3.63, 3.8) is 0 Å². The third-order valence-corrected chi connectivity index (χ3v) is 6.31. The predicted octanol–water partition coefficient (Wildman–Crippen LogP) is 3.36. The number of aliphatic hydroxyl groups excluding tert-OH is 1. The smallest absolute Gasteiger partial charge is 0.296 e. The van der Waals surface area contributed by atoms with Crippen molar-refractivity contribution in [3.8, 4) is 0 Å². The van der Waals surface area contributed by atoms with Crippen molar-refractivity contribution in [3.05, 3.63) is 70.8 Å². The second-order valence-corrected chi connectivity index (χ2v) is 8.41. The van der Waals surface area contributed by atoms with Crippen LogP contribution >= 0.6 is 0 Å². The molecule has 33 heavy (non-hydrogen) atoms. The first-order chi connectivity index (χ1) is 15.9. The van der Waals surface area contributed by atoms with E-state index in [1.165, 1.54) is 4.90 Å². The molecule has 0 unspecified atom stereocenters. The molecule has 0 saturated carbocycles. The minimum Gasteiger partial charge on any atom is -0.507 e. The number of hydrogen-bond donors (Lipinski definition) is 1. The number of hydrogen-bond acceptors (Lipinski definition) is 5. The minimum absolute atomic E-state index is 0.142. The van der Waals surface area contributed by atoms with E-state index in [-0.39, 0.29) is 17.9 Å². The lowest BCUT2D eigenvalue weighted by Crippen LogP contribution is -2.52. The van der Waals surface area contributed by atoms with Crippen LogP contribution in [0.25, 0.3) is 5.76 Å². The van der Waals surface area contributed by atoms with E-state index < -0.39 is 23.1 Å². The van der Waals surface area contributed by atoms with E-state index in [1.807, 2.05) is 38.1 Å². The molecule has 1 saturated heterocycles. The summed E-state index contributed by atoms with van der Waals surface area (Å²) >= 11 is 0. The summed E-state index contributed by atoms with van der Waals surface area (Å²) in [5.41, 5.74) is 0.672. The Morgan fingerprint density at radius 3 is 2.39 bits per heavy atom. The second-order valence-electron chi connectivity index (χ2n) is 8.41. The number of benzene rings is 2. The van der Waals surface area contributed by atoms with Crippen LogP contribution in [0, 0.1) is 6.92 Å². The normalized spacial score (nSPS) is 21.4. The maximum atomic E-state index is 14.1. The van der Waals surface area contributed by atoms with Crippen molar-refractivity contribution in [2.75, 3.05) is 31.7 Å². The van der Waals surface area contributed by atoms with E-state index in [0.717, 1.165) is 5.56 Å². The van der Waals surface area contributed by atoms with Crippen LogP contribution in [0.2, 0.25) is 0 Å². The number of carbonyl (C=O) groups is 3. The molecule has 2 aromatic rings. The molecule has 2 aromatic carbocycles. The Kier molecular flexibility index (Phi) is 6.08. The Hall–Kier alpha value is -3.45. The number of Topliss-reactive ketones (excluding diaryl/α,β-unsaturated/α-hetero) is 1. The van der Waals surface area contributed by atoms with Gasteiger partial charge in [-0.25, -0.2) is 0 Å². The standard InChI is InChI=1S/C26H28N2O5/c1-4-14-27-20-9-6-5-8-19(20)26(25(27)32)21(22(29)18-12-10-17(2)11-13-18)23(30)24(31)28(26)15-7-16-33-3/h5-6,8-13,29H,4,7,14-16H2,1-3H3/t26-/m1/s1. The van der Waals surface area contributed by atoms with E-state index in [2.05, 4.69) is 0 Å². The summed E-state index contributed by atoms with van der Waals surface area (Å²) in [4.78, 5) is 43.8. The van der Waals surface area contributed by atoms with E-state index in [1.54, 1.807) is 36.3 Å². The number of aryl methyl sites for hydroxylation is 1. The van der Waals surface area contributed by atoms with Gasteiger partial charge in [0.05, 0.1) is 11.3 Å². The van der Waals surface area contributed by atoms with Gasteiger partial charge in [0.1, 0.15) is 5.76 Å². The van der Waals surface area contributed by atoms with Gasteiger partial charge in [-0.1, -0.05) is 55.0 Å². The highest BCUT2D eigenvalue weighted by Crippen LogP contribution is 2.53. The van der Waals surface area contributed by atoms with Crippen molar-refractivity contribution in [1.82, 2.24) is 4.90 Å². The topological polar surface area (TPSA) is 87.2 Å². The van der Waals surface area contributed by atoms with Gasteiger partial charge in [0, 0.05) is 37.9 Å². The number of rotatable bonds is 7. The van der Waals surface area contributed by atoms with Crippen LogP contribution < -0.4 is 4.90 Å². The number of fused-ring (bicyclic) bond motifs is 2. The maximum Gasteiger partial charge on any atom is 0.296 e. The molecule has 0 aliphatic carbocycles. The molecule has 4 rings (SSSR count). The number of amides is 2. The quantitative estimate of drug-likeness (QED) is 0.304. The van der Waals surface area contributed by atoms with Gasteiger partial charge in [-0.3, -0.25) is 14.4 Å². The maximum absolute atomic E-state index is 14.1. The van der Waals surface area contributed by atoms with Crippen LogP contribution in [0.1, 0.15) is 36.5 Å². The van der Waals surface area contributed by atoms with Gasteiger partial charge in [-0.05, 0) is 25.8 Å². The van der Waals surface area contributed by atoms with E-state index >= 15 is 0 Å². The number of para-hydroxylation sites is 1. The number of methoxy groups -OCH3 is 1. The average Bonchev–Trinajstić information content (AvgIpc) is 3.19. The Labute approximate surface area is 193 Å². The summed E-state index contributed by atoms with van der Waals surface area (Å²) in [5, 5.41) is 11.4. The van der Waals surface area contributed by atoms with Crippen LogP contribution in [0.4, 0.5) is 5.69 Å². The fraction of sp³-hybridized carbons (Fsp3) is 0.346. The van der Waals surface area contributed by atoms with Crippen LogP contribution in [0.15, 0.2) is 54.1 Å². The predicted molar refractivity (Wildman–Crippen MR) is 125 cm³/mol.